The van der Waals surface area contributed by atoms with Crippen molar-refractivity contribution in [2.24, 2.45) is 0 Å². The van der Waals surface area contributed by atoms with Crippen LogP contribution < -0.4 is 14.8 Å². The fourth-order valence-electron chi connectivity index (χ4n) is 3.23. The van der Waals surface area contributed by atoms with Gasteiger partial charge in [-0.05, 0) is 35.4 Å². The summed E-state index contributed by atoms with van der Waals surface area (Å²) in [5.74, 6) is 1.32. The fraction of sp³-hybridized carbons (Fsp3) is 0.333. The quantitative estimate of drug-likeness (QED) is 0.799. The molecule has 2 aromatic rings. The van der Waals surface area contributed by atoms with Crippen LogP contribution in [0, 0.1) is 0 Å². The molecule has 23 heavy (non-hydrogen) atoms. The van der Waals surface area contributed by atoms with Gasteiger partial charge in [-0.15, -0.1) is 0 Å². The van der Waals surface area contributed by atoms with E-state index in [2.05, 4.69) is 5.32 Å². The Hall–Kier alpha value is -2.40. The maximum atomic E-state index is 10.1. The Kier molecular flexibility index (Phi) is 4.30. The highest BCUT2D eigenvalue weighted by Gasteiger charge is 2.25. The number of phenols is 2. The van der Waals surface area contributed by atoms with Crippen LogP contribution in [0.15, 0.2) is 30.3 Å². The van der Waals surface area contributed by atoms with Crippen LogP contribution in [0.4, 0.5) is 0 Å². The third kappa shape index (κ3) is 3.05. The molecule has 1 unspecified atom stereocenters. The molecule has 0 saturated heterocycles. The molecule has 0 spiro atoms. The summed E-state index contributed by atoms with van der Waals surface area (Å²) in [7, 11) is 3.10. The van der Waals surface area contributed by atoms with Gasteiger partial charge in [0.05, 0.1) is 20.8 Å². The summed E-state index contributed by atoms with van der Waals surface area (Å²) in [4.78, 5) is 0. The number of benzene rings is 2. The highest BCUT2D eigenvalue weighted by atomic mass is 16.5. The summed E-state index contributed by atoms with van der Waals surface area (Å²) in [6.07, 6.45) is 1.73. The van der Waals surface area contributed by atoms with Crippen LogP contribution in [-0.4, -0.2) is 31.0 Å². The van der Waals surface area contributed by atoms with E-state index in [1.807, 2.05) is 12.1 Å². The Morgan fingerprint density at radius 3 is 2.48 bits per heavy atom. The van der Waals surface area contributed by atoms with E-state index in [0.717, 1.165) is 30.5 Å². The average molecular weight is 316 g/mol. The van der Waals surface area contributed by atoms with E-state index in [9.17, 15) is 10.2 Å². The Morgan fingerprint density at radius 2 is 1.78 bits per heavy atom. The van der Waals surface area contributed by atoms with Gasteiger partial charge in [-0.2, -0.15) is 0 Å². The van der Waals surface area contributed by atoms with E-state index >= 15 is 0 Å². The van der Waals surface area contributed by atoms with Crippen molar-refractivity contribution >= 4 is 0 Å². The first kappa shape index (κ1) is 15.5. The second kappa shape index (κ2) is 6.38. The lowest BCUT2D eigenvalue weighted by molar-refractivity contribution is -0.698. The zero-order valence-corrected chi connectivity index (χ0v) is 13.4. The van der Waals surface area contributed by atoms with Crippen molar-refractivity contribution in [3.63, 3.8) is 0 Å². The number of phenolic OH excluding ortho intramolecular Hbond substituents is 2. The first-order valence-corrected chi connectivity index (χ1v) is 7.71. The maximum absolute atomic E-state index is 10.1. The normalized spacial score (nSPS) is 16.7. The van der Waals surface area contributed by atoms with Gasteiger partial charge < -0.3 is 25.0 Å². The second-order valence-corrected chi connectivity index (χ2v) is 5.81. The third-order valence-electron chi connectivity index (χ3n) is 4.40. The Balaban J connectivity index is 1.88. The molecule has 1 atom stereocenters. The van der Waals surface area contributed by atoms with E-state index < -0.39 is 0 Å². The smallest absolute Gasteiger partial charge is 0.160 e. The summed E-state index contributed by atoms with van der Waals surface area (Å²) < 4.78 is 10.3. The summed E-state index contributed by atoms with van der Waals surface area (Å²) in [6.45, 7) is 0.994. The van der Waals surface area contributed by atoms with Crippen molar-refractivity contribution in [2.75, 3.05) is 20.8 Å². The zero-order chi connectivity index (χ0) is 16.4. The minimum atomic E-state index is 0.151. The van der Waals surface area contributed by atoms with Crippen LogP contribution in [0.1, 0.15) is 22.7 Å². The third-order valence-corrected chi connectivity index (χ3v) is 4.40. The Labute approximate surface area is 135 Å². The molecular formula is C18H22NO4+. The summed E-state index contributed by atoms with van der Waals surface area (Å²) in [5.41, 5.74) is 3.38. The van der Waals surface area contributed by atoms with Gasteiger partial charge in [0.1, 0.15) is 6.04 Å². The van der Waals surface area contributed by atoms with Gasteiger partial charge in [0.2, 0.25) is 0 Å². The summed E-state index contributed by atoms with van der Waals surface area (Å²) in [5, 5.41) is 22.3. The number of fused-ring (bicyclic) bond motifs is 1. The van der Waals surface area contributed by atoms with Gasteiger partial charge in [0, 0.05) is 18.4 Å². The Bertz CT molecular complexity index is 714. The summed E-state index contributed by atoms with van der Waals surface area (Å²) in [6, 6.07) is 9.42. The standard InChI is InChI=1S/C18H21NO4/c1-22-17-4-3-11(8-15(17)20)7-14-13-10-16(21)18(23-2)9-12(13)5-6-19-14/h3-4,8-10,14,19-21H,5-7H2,1-2H3/p+1. The molecule has 4 N–H and O–H groups in total. The topological polar surface area (TPSA) is 75.5 Å². The van der Waals surface area contributed by atoms with Gasteiger partial charge in [0.15, 0.2) is 23.0 Å². The number of hydrogen-bond donors (Lipinski definition) is 3. The van der Waals surface area contributed by atoms with Crippen molar-refractivity contribution < 1.29 is 25.0 Å². The van der Waals surface area contributed by atoms with Crippen molar-refractivity contribution in [3.05, 3.63) is 47.0 Å². The molecule has 0 radical (unpaired) electrons. The zero-order valence-electron chi connectivity index (χ0n) is 13.4. The van der Waals surface area contributed by atoms with Crippen molar-refractivity contribution in [1.82, 2.24) is 0 Å². The van der Waals surface area contributed by atoms with Crippen LogP contribution in [0.2, 0.25) is 0 Å². The van der Waals surface area contributed by atoms with Crippen molar-refractivity contribution in [3.8, 4) is 23.0 Å². The van der Waals surface area contributed by atoms with Gasteiger partial charge in [-0.1, -0.05) is 6.07 Å². The lowest BCUT2D eigenvalue weighted by Gasteiger charge is -2.25. The van der Waals surface area contributed by atoms with E-state index in [1.165, 1.54) is 12.7 Å². The molecule has 0 saturated carbocycles. The van der Waals surface area contributed by atoms with Crippen LogP contribution in [0.25, 0.3) is 0 Å². The number of methoxy groups -OCH3 is 2. The molecule has 5 nitrogen and oxygen atoms in total. The second-order valence-electron chi connectivity index (χ2n) is 5.81. The maximum Gasteiger partial charge on any atom is 0.160 e. The molecule has 0 aliphatic carbocycles. The minimum absolute atomic E-state index is 0.151. The molecule has 5 heteroatoms. The van der Waals surface area contributed by atoms with Crippen LogP contribution in [0.3, 0.4) is 0 Å². The molecule has 1 aliphatic heterocycles. The minimum Gasteiger partial charge on any atom is -0.504 e. The van der Waals surface area contributed by atoms with Gasteiger partial charge in [-0.3, -0.25) is 0 Å². The number of nitrogens with two attached hydrogens (primary N) is 1. The highest BCUT2D eigenvalue weighted by molar-refractivity contribution is 5.48. The lowest BCUT2D eigenvalue weighted by Crippen LogP contribution is -2.87. The predicted octanol–water partition coefficient (Wildman–Crippen LogP) is 1.52. The number of aromatic hydroxyl groups is 2. The lowest BCUT2D eigenvalue weighted by atomic mass is 9.90. The average Bonchev–Trinajstić information content (AvgIpc) is 2.55. The largest absolute Gasteiger partial charge is 0.504 e. The number of rotatable bonds is 4. The van der Waals surface area contributed by atoms with E-state index in [1.54, 1.807) is 25.3 Å². The van der Waals surface area contributed by atoms with Gasteiger partial charge >= 0.3 is 0 Å². The van der Waals surface area contributed by atoms with E-state index in [-0.39, 0.29) is 17.5 Å². The number of hydrogen-bond acceptors (Lipinski definition) is 4. The molecule has 0 amide bonds. The van der Waals surface area contributed by atoms with E-state index in [4.69, 9.17) is 9.47 Å². The fourth-order valence-corrected chi connectivity index (χ4v) is 3.23. The van der Waals surface area contributed by atoms with Crippen LogP contribution >= 0.6 is 0 Å². The molecule has 0 aromatic heterocycles. The molecule has 0 fully saturated rings. The van der Waals surface area contributed by atoms with Crippen LogP contribution in [-0.2, 0) is 12.8 Å². The summed E-state index contributed by atoms with van der Waals surface area (Å²) >= 11 is 0. The van der Waals surface area contributed by atoms with Gasteiger partial charge in [0.25, 0.3) is 0 Å². The SMILES string of the molecule is COc1ccc(CC2[NH2+]CCc3cc(OC)c(O)cc32)cc1O. The number of quaternary nitrogens is 1. The molecule has 1 heterocycles. The molecule has 3 rings (SSSR count). The molecule has 2 aromatic carbocycles. The van der Waals surface area contributed by atoms with Crippen molar-refractivity contribution in [1.29, 1.82) is 0 Å². The predicted molar refractivity (Wildman–Crippen MR) is 86.3 cm³/mol. The first-order chi connectivity index (χ1) is 11.1. The first-order valence-electron chi connectivity index (χ1n) is 7.71. The highest BCUT2D eigenvalue weighted by Crippen LogP contribution is 2.34. The molecule has 122 valence electrons. The van der Waals surface area contributed by atoms with Gasteiger partial charge in [-0.25, -0.2) is 0 Å². The molecule has 1 aliphatic rings. The number of ether oxygens (including phenoxy) is 2. The van der Waals surface area contributed by atoms with Crippen molar-refractivity contribution in [2.45, 2.75) is 18.9 Å². The van der Waals surface area contributed by atoms with Crippen LogP contribution in [0.5, 0.6) is 23.0 Å². The monoisotopic (exact) mass is 316 g/mol. The van der Waals surface area contributed by atoms with E-state index in [0.29, 0.717) is 11.5 Å². The Morgan fingerprint density at radius 1 is 1.04 bits per heavy atom. The molecular weight excluding hydrogens is 294 g/mol. The molecule has 0 bridgehead atoms.